The minimum absolute atomic E-state index is 0.519. The predicted octanol–water partition coefficient (Wildman–Crippen LogP) is 6.13. The SMILES string of the molecule is Cc1ccc(-n2nnnc2-c2cnc(-c3cc(Cl)cc(Cl)c3)nc2-c2cccs2)cc1. The van der Waals surface area contributed by atoms with Crippen LogP contribution < -0.4 is 0 Å². The maximum absolute atomic E-state index is 6.18. The highest BCUT2D eigenvalue weighted by Gasteiger charge is 2.20. The summed E-state index contributed by atoms with van der Waals surface area (Å²) in [6, 6.07) is 17.2. The highest BCUT2D eigenvalue weighted by Crippen LogP contribution is 2.34. The first-order valence-electron chi connectivity index (χ1n) is 9.32. The van der Waals surface area contributed by atoms with Crippen molar-refractivity contribution in [3.05, 3.63) is 81.8 Å². The molecule has 0 fully saturated rings. The fourth-order valence-corrected chi connectivity index (χ4v) is 4.44. The third-order valence-corrected chi connectivity index (χ3v) is 5.97. The molecule has 0 spiro atoms. The maximum Gasteiger partial charge on any atom is 0.190 e. The van der Waals surface area contributed by atoms with Gasteiger partial charge in [-0.25, -0.2) is 9.97 Å². The van der Waals surface area contributed by atoms with Gasteiger partial charge in [0.05, 0.1) is 21.8 Å². The molecule has 0 atom stereocenters. The third kappa shape index (κ3) is 3.95. The summed E-state index contributed by atoms with van der Waals surface area (Å²) in [5, 5.41) is 15.4. The molecule has 0 radical (unpaired) electrons. The molecule has 5 aromatic rings. The largest absolute Gasteiger partial charge is 0.236 e. The lowest BCUT2D eigenvalue weighted by Gasteiger charge is -2.10. The van der Waals surface area contributed by atoms with Gasteiger partial charge in [-0.1, -0.05) is 47.0 Å². The first-order valence-corrected chi connectivity index (χ1v) is 11.0. The van der Waals surface area contributed by atoms with E-state index in [9.17, 15) is 0 Å². The van der Waals surface area contributed by atoms with Gasteiger partial charge in [-0.15, -0.1) is 16.4 Å². The van der Waals surface area contributed by atoms with Crippen molar-refractivity contribution in [2.45, 2.75) is 6.92 Å². The van der Waals surface area contributed by atoms with Gasteiger partial charge in [0.1, 0.15) is 0 Å². The fourth-order valence-electron chi connectivity index (χ4n) is 3.18. The molecule has 3 heterocycles. The Balaban J connectivity index is 1.69. The van der Waals surface area contributed by atoms with E-state index in [1.165, 1.54) is 0 Å². The molecule has 0 aliphatic carbocycles. The number of halogens is 2. The normalized spacial score (nSPS) is 11.1. The van der Waals surface area contributed by atoms with Crippen LogP contribution in [0.2, 0.25) is 10.0 Å². The molecule has 31 heavy (non-hydrogen) atoms. The second-order valence-electron chi connectivity index (χ2n) is 6.84. The van der Waals surface area contributed by atoms with E-state index >= 15 is 0 Å². The Labute approximate surface area is 192 Å². The Hall–Kier alpha value is -3.13. The lowest BCUT2D eigenvalue weighted by atomic mass is 10.1. The van der Waals surface area contributed by atoms with Crippen LogP contribution in [0, 0.1) is 6.92 Å². The average molecular weight is 465 g/mol. The summed E-state index contributed by atoms with van der Waals surface area (Å²) in [6.07, 6.45) is 1.74. The minimum Gasteiger partial charge on any atom is -0.236 e. The Bertz CT molecular complexity index is 1340. The molecule has 0 saturated carbocycles. The zero-order valence-electron chi connectivity index (χ0n) is 16.2. The van der Waals surface area contributed by atoms with E-state index in [-0.39, 0.29) is 0 Å². The molecule has 3 aromatic heterocycles. The average Bonchev–Trinajstić information content (AvgIpc) is 3.45. The smallest absolute Gasteiger partial charge is 0.190 e. The third-order valence-electron chi connectivity index (χ3n) is 4.65. The Morgan fingerprint density at radius 1 is 0.968 bits per heavy atom. The molecule has 0 saturated heterocycles. The summed E-state index contributed by atoms with van der Waals surface area (Å²) in [6.45, 7) is 2.04. The maximum atomic E-state index is 6.18. The number of hydrogen-bond acceptors (Lipinski definition) is 6. The van der Waals surface area contributed by atoms with Crippen LogP contribution in [0.4, 0.5) is 0 Å². The molecule has 6 nitrogen and oxygen atoms in total. The molecule has 5 rings (SSSR count). The van der Waals surface area contributed by atoms with Crippen LogP contribution in [0.3, 0.4) is 0 Å². The van der Waals surface area contributed by atoms with Gasteiger partial charge in [0.15, 0.2) is 11.6 Å². The Morgan fingerprint density at radius 2 is 1.74 bits per heavy atom. The number of aromatic nitrogens is 6. The van der Waals surface area contributed by atoms with Gasteiger partial charge < -0.3 is 0 Å². The van der Waals surface area contributed by atoms with E-state index in [1.54, 1.807) is 40.4 Å². The van der Waals surface area contributed by atoms with E-state index < -0.39 is 0 Å². The van der Waals surface area contributed by atoms with Crippen LogP contribution in [0.25, 0.3) is 39.0 Å². The number of benzene rings is 2. The van der Waals surface area contributed by atoms with Crippen molar-refractivity contribution < 1.29 is 0 Å². The molecule has 0 aliphatic heterocycles. The number of aryl methyl sites for hydroxylation is 1. The topological polar surface area (TPSA) is 69.4 Å². The zero-order valence-corrected chi connectivity index (χ0v) is 18.5. The molecule has 0 aliphatic rings. The van der Waals surface area contributed by atoms with Crippen molar-refractivity contribution in [3.63, 3.8) is 0 Å². The van der Waals surface area contributed by atoms with Gasteiger partial charge in [0.25, 0.3) is 0 Å². The minimum atomic E-state index is 0.519. The molecule has 2 aromatic carbocycles. The fraction of sp³-hybridized carbons (Fsp3) is 0.0455. The van der Waals surface area contributed by atoms with Gasteiger partial charge >= 0.3 is 0 Å². The predicted molar refractivity (Wildman–Crippen MR) is 124 cm³/mol. The first kappa shape index (κ1) is 19.8. The molecule has 9 heteroatoms. The van der Waals surface area contributed by atoms with E-state index in [2.05, 4.69) is 20.5 Å². The number of rotatable bonds is 4. The lowest BCUT2D eigenvalue weighted by Crippen LogP contribution is -2.03. The molecule has 0 unspecified atom stereocenters. The van der Waals surface area contributed by atoms with E-state index in [0.29, 0.717) is 21.7 Å². The van der Waals surface area contributed by atoms with E-state index in [4.69, 9.17) is 28.2 Å². The molecule has 0 N–H and O–H groups in total. The van der Waals surface area contributed by atoms with Gasteiger partial charge in [-0.2, -0.15) is 4.68 Å². The lowest BCUT2D eigenvalue weighted by molar-refractivity contribution is 0.791. The van der Waals surface area contributed by atoms with Gasteiger partial charge in [-0.3, -0.25) is 0 Å². The van der Waals surface area contributed by atoms with E-state index in [0.717, 1.165) is 32.9 Å². The Kier molecular flexibility index (Phi) is 5.23. The highest BCUT2D eigenvalue weighted by atomic mass is 35.5. The summed E-state index contributed by atoms with van der Waals surface area (Å²) < 4.78 is 1.69. The highest BCUT2D eigenvalue weighted by molar-refractivity contribution is 7.13. The molecule has 152 valence electrons. The van der Waals surface area contributed by atoms with Crippen molar-refractivity contribution in [2.24, 2.45) is 0 Å². The van der Waals surface area contributed by atoms with Crippen LogP contribution in [0.15, 0.2) is 66.2 Å². The standard InChI is InChI=1S/C22H14Cl2N6S/c1-13-4-6-17(7-5-13)30-22(27-28-29-30)18-12-25-21(14-9-15(23)11-16(24)10-14)26-20(18)19-3-2-8-31-19/h2-12H,1H3. The van der Waals surface area contributed by atoms with Crippen molar-refractivity contribution in [1.82, 2.24) is 30.2 Å². The van der Waals surface area contributed by atoms with Crippen LogP contribution in [0.5, 0.6) is 0 Å². The summed E-state index contributed by atoms with van der Waals surface area (Å²) in [5.74, 6) is 1.08. The number of tetrazole rings is 1. The number of nitrogens with zero attached hydrogens (tertiary/aromatic N) is 6. The molecule has 0 amide bonds. The van der Waals surface area contributed by atoms with Gasteiger partial charge in [0, 0.05) is 21.8 Å². The van der Waals surface area contributed by atoms with Crippen LogP contribution >= 0.6 is 34.5 Å². The monoisotopic (exact) mass is 464 g/mol. The second kappa shape index (κ2) is 8.19. The number of hydrogen-bond donors (Lipinski definition) is 0. The second-order valence-corrected chi connectivity index (χ2v) is 8.66. The van der Waals surface area contributed by atoms with Crippen molar-refractivity contribution in [3.8, 4) is 39.0 Å². The molecular weight excluding hydrogens is 451 g/mol. The van der Waals surface area contributed by atoms with Gasteiger partial charge in [0.2, 0.25) is 0 Å². The first-order chi connectivity index (χ1) is 15.1. The molecule has 0 bridgehead atoms. The number of thiophene rings is 1. The van der Waals surface area contributed by atoms with Crippen LogP contribution in [-0.2, 0) is 0 Å². The van der Waals surface area contributed by atoms with Crippen LogP contribution in [0.1, 0.15) is 5.56 Å². The van der Waals surface area contributed by atoms with Crippen molar-refractivity contribution in [1.29, 1.82) is 0 Å². The summed E-state index contributed by atoms with van der Waals surface area (Å²) in [4.78, 5) is 10.4. The van der Waals surface area contributed by atoms with Crippen molar-refractivity contribution in [2.75, 3.05) is 0 Å². The van der Waals surface area contributed by atoms with Gasteiger partial charge in [-0.05, 0) is 59.1 Å². The Morgan fingerprint density at radius 3 is 2.45 bits per heavy atom. The van der Waals surface area contributed by atoms with Crippen molar-refractivity contribution >= 4 is 34.5 Å². The van der Waals surface area contributed by atoms with Crippen LogP contribution in [-0.4, -0.2) is 30.2 Å². The quantitative estimate of drug-likeness (QED) is 0.319. The summed E-state index contributed by atoms with van der Waals surface area (Å²) >= 11 is 13.9. The zero-order chi connectivity index (χ0) is 21.4. The summed E-state index contributed by atoms with van der Waals surface area (Å²) in [5.41, 5.74) is 4.21. The molecular formula is C22H14Cl2N6S. The summed E-state index contributed by atoms with van der Waals surface area (Å²) in [7, 11) is 0. The van der Waals surface area contributed by atoms with E-state index in [1.807, 2.05) is 48.7 Å².